The number of aryl methyl sites for hydroxylation is 1. The number of piperidine rings is 2. The van der Waals surface area contributed by atoms with Gasteiger partial charge < -0.3 is 20.2 Å². The standard InChI is InChI=1S/C43H49F4N9O5/c1-42(2,61)27-20-30-25(19-31(27)49-39(58)29-7-5-10-36(48-29)43(45,46)47)22-55(51-30)26-13-11-24(12-14-26)21-52(3)32-17-18-54(23-28(32)44)33-8-6-9-34-38(33)53(4)41(60)56(34)35-15-16-37(57)50-40(35)59/h5-10,19-20,22,24,26,28,32,35,61H,11-18,21,23H2,1-4H3,(H,49,58)(H,50,57,59)/t24?,26?,28-,32-,35?/m1/s1. The highest BCUT2D eigenvalue weighted by Gasteiger charge is 2.37. The summed E-state index contributed by atoms with van der Waals surface area (Å²) in [4.78, 5) is 58.6. The van der Waals surface area contributed by atoms with Gasteiger partial charge in [-0.25, -0.2) is 14.2 Å². The van der Waals surface area contributed by atoms with Crippen LogP contribution in [0.3, 0.4) is 0 Å². The zero-order chi connectivity index (χ0) is 43.5. The van der Waals surface area contributed by atoms with E-state index in [1.165, 1.54) is 15.2 Å². The van der Waals surface area contributed by atoms with Gasteiger partial charge in [-0.2, -0.15) is 18.3 Å². The molecule has 3 N–H and O–H groups in total. The van der Waals surface area contributed by atoms with Crippen molar-refractivity contribution in [3.63, 3.8) is 0 Å². The Hall–Kier alpha value is -5.62. The summed E-state index contributed by atoms with van der Waals surface area (Å²) >= 11 is 0. The molecule has 2 saturated heterocycles. The number of hydrogen-bond donors (Lipinski definition) is 3. The molecule has 3 amide bonds. The number of rotatable bonds is 9. The number of alkyl halides is 4. The van der Waals surface area contributed by atoms with E-state index >= 15 is 4.39 Å². The third-order valence-electron chi connectivity index (χ3n) is 12.6. The van der Waals surface area contributed by atoms with E-state index in [2.05, 4.69) is 20.5 Å². The maximum Gasteiger partial charge on any atom is 0.433 e. The third-order valence-corrected chi connectivity index (χ3v) is 12.6. The number of halogens is 4. The molecule has 18 heteroatoms. The monoisotopic (exact) mass is 847 g/mol. The molecular formula is C43H49F4N9O5. The molecule has 324 valence electrons. The average molecular weight is 848 g/mol. The van der Waals surface area contributed by atoms with Crippen molar-refractivity contribution in [3.8, 4) is 0 Å². The first kappa shape index (κ1) is 42.1. The van der Waals surface area contributed by atoms with Crippen molar-refractivity contribution in [2.24, 2.45) is 13.0 Å². The second-order valence-corrected chi connectivity index (χ2v) is 17.2. The summed E-state index contributed by atoms with van der Waals surface area (Å²) < 4.78 is 60.8. The molecule has 3 atom stereocenters. The van der Waals surface area contributed by atoms with E-state index in [9.17, 15) is 37.5 Å². The summed E-state index contributed by atoms with van der Waals surface area (Å²) in [7, 11) is 3.62. The molecule has 5 heterocycles. The number of amides is 3. The molecule has 1 unspecified atom stereocenters. The lowest BCUT2D eigenvalue weighted by Gasteiger charge is -2.42. The van der Waals surface area contributed by atoms with Gasteiger partial charge in [0.1, 0.15) is 23.6 Å². The lowest BCUT2D eigenvalue weighted by Crippen LogP contribution is -2.52. The number of imidazole rings is 1. The predicted molar refractivity (Wildman–Crippen MR) is 220 cm³/mol. The number of nitrogens with one attached hydrogen (secondary N) is 2. The van der Waals surface area contributed by atoms with Crippen molar-refractivity contribution in [3.05, 3.63) is 82.2 Å². The fourth-order valence-corrected chi connectivity index (χ4v) is 9.44. The van der Waals surface area contributed by atoms with Gasteiger partial charge in [0.2, 0.25) is 11.8 Å². The first-order chi connectivity index (χ1) is 28.9. The molecule has 14 nitrogen and oxygen atoms in total. The second kappa shape index (κ2) is 16.0. The molecule has 61 heavy (non-hydrogen) atoms. The van der Waals surface area contributed by atoms with Crippen LogP contribution in [-0.2, 0) is 28.4 Å². The SMILES string of the molecule is CN(CC1CCC(n2cc3cc(NC(=O)c4cccc(C(F)(F)F)n4)c(C(C)(C)O)cc3n2)CC1)[C@@H]1CCN(c2cccc3c2n(C)c(=O)n3C2CCC(=O)NC2=O)C[C@H]1F. The van der Waals surface area contributed by atoms with Crippen LogP contribution < -0.4 is 21.2 Å². The van der Waals surface area contributed by atoms with Gasteiger partial charge in [-0.05, 0) is 102 Å². The van der Waals surface area contributed by atoms with E-state index in [0.717, 1.165) is 50.0 Å². The molecule has 5 aromatic rings. The minimum Gasteiger partial charge on any atom is -0.386 e. The van der Waals surface area contributed by atoms with E-state index < -0.39 is 47.2 Å². The van der Waals surface area contributed by atoms with Crippen molar-refractivity contribution < 1.29 is 37.1 Å². The lowest BCUT2D eigenvalue weighted by molar-refractivity contribution is -0.141. The number of aromatic nitrogens is 5. The van der Waals surface area contributed by atoms with Gasteiger partial charge in [-0.3, -0.25) is 33.5 Å². The number of aliphatic hydroxyl groups is 1. The molecular weight excluding hydrogens is 799 g/mol. The van der Waals surface area contributed by atoms with Gasteiger partial charge in [-0.15, -0.1) is 0 Å². The van der Waals surface area contributed by atoms with E-state index in [1.54, 1.807) is 39.1 Å². The van der Waals surface area contributed by atoms with Crippen LogP contribution in [0.4, 0.5) is 28.9 Å². The summed E-state index contributed by atoms with van der Waals surface area (Å²) in [6.45, 7) is 4.55. The highest BCUT2D eigenvalue weighted by molar-refractivity contribution is 6.04. The van der Waals surface area contributed by atoms with Crippen LogP contribution in [0.15, 0.2) is 59.5 Å². The Bertz CT molecular complexity index is 2570. The molecule has 3 fully saturated rings. The van der Waals surface area contributed by atoms with Gasteiger partial charge >= 0.3 is 11.9 Å². The van der Waals surface area contributed by atoms with Crippen molar-refractivity contribution in [1.29, 1.82) is 0 Å². The number of fused-ring (bicyclic) bond motifs is 2. The first-order valence-corrected chi connectivity index (χ1v) is 20.6. The molecule has 1 aliphatic carbocycles. The Morgan fingerprint density at radius 3 is 2.44 bits per heavy atom. The van der Waals surface area contributed by atoms with Gasteiger partial charge in [-0.1, -0.05) is 12.1 Å². The summed E-state index contributed by atoms with van der Waals surface area (Å²) in [5, 5.41) is 21.5. The molecule has 0 bridgehead atoms. The Balaban J connectivity index is 0.900. The zero-order valence-electron chi connectivity index (χ0n) is 34.4. The number of imide groups is 1. The van der Waals surface area contributed by atoms with Gasteiger partial charge in [0.25, 0.3) is 5.91 Å². The van der Waals surface area contributed by atoms with E-state index in [-0.39, 0.29) is 48.8 Å². The highest BCUT2D eigenvalue weighted by Crippen LogP contribution is 2.38. The average Bonchev–Trinajstić information content (AvgIpc) is 3.74. The van der Waals surface area contributed by atoms with Crippen molar-refractivity contribution in [2.75, 3.05) is 36.9 Å². The maximum atomic E-state index is 16.1. The fraction of sp³-hybridized carbons (Fsp3) is 0.488. The van der Waals surface area contributed by atoms with Crippen molar-refractivity contribution >= 4 is 51.0 Å². The Kier molecular flexibility index (Phi) is 11.0. The van der Waals surface area contributed by atoms with Crippen LogP contribution in [0.25, 0.3) is 21.9 Å². The summed E-state index contributed by atoms with van der Waals surface area (Å²) in [6, 6.07) is 10.9. The maximum absolute atomic E-state index is 16.1. The number of hydrogen-bond acceptors (Lipinski definition) is 9. The van der Waals surface area contributed by atoms with Crippen LogP contribution in [0.1, 0.15) is 92.6 Å². The molecule has 8 rings (SSSR count). The topological polar surface area (TPSA) is 160 Å². The van der Waals surface area contributed by atoms with Crippen molar-refractivity contribution in [1.82, 2.24) is 34.1 Å². The van der Waals surface area contributed by atoms with Gasteiger partial charge in [0.05, 0.1) is 40.4 Å². The Morgan fingerprint density at radius 1 is 1.02 bits per heavy atom. The van der Waals surface area contributed by atoms with Gasteiger partial charge in [0, 0.05) is 55.4 Å². The fourth-order valence-electron chi connectivity index (χ4n) is 9.44. The van der Waals surface area contributed by atoms with Gasteiger partial charge in [0.15, 0.2) is 0 Å². The van der Waals surface area contributed by atoms with E-state index in [1.807, 2.05) is 35.0 Å². The van der Waals surface area contributed by atoms with Crippen LogP contribution in [0.2, 0.25) is 0 Å². The normalized spacial score (nSPS) is 22.9. The number of carbonyl (C=O) groups is 3. The third kappa shape index (κ3) is 8.26. The summed E-state index contributed by atoms with van der Waals surface area (Å²) in [6.07, 6.45) is 0.452. The molecule has 0 radical (unpaired) electrons. The van der Waals surface area contributed by atoms with Crippen LogP contribution >= 0.6 is 0 Å². The molecule has 3 aromatic heterocycles. The summed E-state index contributed by atoms with van der Waals surface area (Å²) in [5.41, 5.74) is -0.291. The highest BCUT2D eigenvalue weighted by atomic mass is 19.4. The lowest BCUT2D eigenvalue weighted by atomic mass is 9.85. The number of benzene rings is 2. The molecule has 3 aliphatic rings. The molecule has 2 aromatic carbocycles. The van der Waals surface area contributed by atoms with E-state index in [0.29, 0.717) is 46.4 Å². The quantitative estimate of drug-likeness (QED) is 0.122. The predicted octanol–water partition coefficient (Wildman–Crippen LogP) is 5.84. The number of para-hydroxylation sites is 1. The number of nitrogens with zero attached hydrogens (tertiary/aromatic N) is 7. The van der Waals surface area contributed by atoms with Crippen LogP contribution in [-0.4, -0.2) is 90.5 Å². The minimum atomic E-state index is -4.71. The Morgan fingerprint density at radius 2 is 1.75 bits per heavy atom. The van der Waals surface area contributed by atoms with E-state index in [4.69, 9.17) is 5.10 Å². The molecule has 2 aliphatic heterocycles. The molecule has 1 saturated carbocycles. The van der Waals surface area contributed by atoms with Crippen LogP contribution in [0, 0.1) is 5.92 Å². The summed E-state index contributed by atoms with van der Waals surface area (Å²) in [5.74, 6) is -1.37. The molecule has 0 spiro atoms. The minimum absolute atomic E-state index is 0.0904. The van der Waals surface area contributed by atoms with Crippen LogP contribution in [0.5, 0.6) is 0 Å². The number of pyridine rings is 1. The Labute approximate surface area is 348 Å². The largest absolute Gasteiger partial charge is 0.433 e. The first-order valence-electron chi connectivity index (χ1n) is 20.6. The van der Waals surface area contributed by atoms with Crippen molar-refractivity contribution in [2.45, 2.75) is 94.9 Å². The second-order valence-electron chi connectivity index (χ2n) is 17.2. The smallest absolute Gasteiger partial charge is 0.386 e. The zero-order valence-corrected chi connectivity index (χ0v) is 34.4. The number of anilines is 2. The number of carbonyl (C=O) groups excluding carboxylic acids is 3.